The van der Waals surface area contributed by atoms with Crippen LogP contribution in [0.2, 0.25) is 0 Å². The number of ether oxygens (including phenoxy) is 4. The maximum absolute atomic E-state index is 13.3. The first kappa shape index (κ1) is 25.3. The highest BCUT2D eigenvalue weighted by molar-refractivity contribution is 5.77. The minimum atomic E-state index is -0.272. The fourth-order valence-electron chi connectivity index (χ4n) is 4.87. The van der Waals surface area contributed by atoms with Crippen molar-refractivity contribution in [3.05, 3.63) is 120 Å². The number of nitrogens with zero attached hydrogens (tertiary/aromatic N) is 2. The molecule has 0 spiro atoms. The van der Waals surface area contributed by atoms with E-state index in [9.17, 15) is 4.79 Å². The summed E-state index contributed by atoms with van der Waals surface area (Å²) < 4.78 is 24.5. The fourth-order valence-corrected chi connectivity index (χ4v) is 4.87. The molecule has 3 heterocycles. The van der Waals surface area contributed by atoms with E-state index in [4.69, 9.17) is 23.9 Å². The lowest BCUT2D eigenvalue weighted by atomic mass is 9.92. The van der Waals surface area contributed by atoms with Gasteiger partial charge in [-0.25, -0.2) is 4.98 Å². The SMILES string of the molecule is COc1cccc(C(CC(=O)NCc2ccc3c(c2)OCO3)c2cnc3c(OCc4ccccc4)cccn23)c1. The maximum atomic E-state index is 13.3. The van der Waals surface area contributed by atoms with Crippen LogP contribution in [-0.2, 0) is 17.9 Å². The van der Waals surface area contributed by atoms with Gasteiger partial charge in [-0.1, -0.05) is 48.5 Å². The lowest BCUT2D eigenvalue weighted by Gasteiger charge is -2.18. The molecule has 0 saturated heterocycles. The number of rotatable bonds is 10. The first-order valence-electron chi connectivity index (χ1n) is 13.1. The van der Waals surface area contributed by atoms with Crippen molar-refractivity contribution < 1.29 is 23.7 Å². The Labute approximate surface area is 232 Å². The predicted octanol–water partition coefficient (Wildman–Crippen LogP) is 5.49. The van der Waals surface area contributed by atoms with Gasteiger partial charge < -0.3 is 28.7 Å². The highest BCUT2D eigenvalue weighted by atomic mass is 16.7. The van der Waals surface area contributed by atoms with Gasteiger partial charge in [0, 0.05) is 31.3 Å². The summed E-state index contributed by atoms with van der Waals surface area (Å²) in [5.41, 5.74) is 4.54. The van der Waals surface area contributed by atoms with Gasteiger partial charge in [-0.2, -0.15) is 0 Å². The average Bonchev–Trinajstić information content (AvgIpc) is 3.65. The van der Waals surface area contributed by atoms with Gasteiger partial charge >= 0.3 is 0 Å². The molecule has 1 aliphatic heterocycles. The smallest absolute Gasteiger partial charge is 0.231 e. The molecule has 1 unspecified atom stereocenters. The number of carbonyl (C=O) groups is 1. The van der Waals surface area contributed by atoms with Gasteiger partial charge in [0.25, 0.3) is 0 Å². The molecule has 0 saturated carbocycles. The zero-order valence-electron chi connectivity index (χ0n) is 22.1. The summed E-state index contributed by atoms with van der Waals surface area (Å²) in [5.74, 6) is 2.45. The van der Waals surface area contributed by atoms with Crippen LogP contribution in [0.5, 0.6) is 23.0 Å². The first-order chi connectivity index (χ1) is 19.7. The Kier molecular flexibility index (Phi) is 7.22. The fraction of sp³-hybridized carbons (Fsp3) is 0.188. The van der Waals surface area contributed by atoms with Crippen LogP contribution >= 0.6 is 0 Å². The maximum Gasteiger partial charge on any atom is 0.231 e. The Morgan fingerprint density at radius 2 is 1.85 bits per heavy atom. The van der Waals surface area contributed by atoms with Crippen molar-refractivity contribution in [1.29, 1.82) is 0 Å². The van der Waals surface area contributed by atoms with E-state index in [0.29, 0.717) is 36.0 Å². The number of fused-ring (bicyclic) bond motifs is 2. The van der Waals surface area contributed by atoms with Gasteiger partial charge in [0.05, 0.1) is 12.8 Å². The summed E-state index contributed by atoms with van der Waals surface area (Å²) in [4.78, 5) is 18.0. The third kappa shape index (κ3) is 5.42. The molecule has 1 atom stereocenters. The third-order valence-corrected chi connectivity index (χ3v) is 6.94. The van der Waals surface area contributed by atoms with Crippen LogP contribution in [-0.4, -0.2) is 29.2 Å². The molecule has 0 radical (unpaired) electrons. The Bertz CT molecular complexity index is 1630. The van der Waals surface area contributed by atoms with Crippen LogP contribution in [0.15, 0.2) is 97.3 Å². The normalized spacial score (nSPS) is 12.7. The van der Waals surface area contributed by atoms with Gasteiger partial charge in [0.2, 0.25) is 12.7 Å². The molecule has 8 heteroatoms. The summed E-state index contributed by atoms with van der Waals surface area (Å²) in [6.45, 7) is 1.03. The summed E-state index contributed by atoms with van der Waals surface area (Å²) in [5, 5.41) is 3.06. The highest BCUT2D eigenvalue weighted by Crippen LogP contribution is 2.34. The number of benzene rings is 3. The lowest BCUT2D eigenvalue weighted by Crippen LogP contribution is -2.25. The van der Waals surface area contributed by atoms with Crippen LogP contribution in [0.25, 0.3) is 5.65 Å². The summed E-state index contributed by atoms with van der Waals surface area (Å²) in [6, 6.07) is 27.3. The van der Waals surface area contributed by atoms with E-state index >= 15 is 0 Å². The van der Waals surface area contributed by atoms with Gasteiger partial charge in [0.15, 0.2) is 22.9 Å². The van der Waals surface area contributed by atoms with Crippen molar-refractivity contribution in [3.8, 4) is 23.0 Å². The van der Waals surface area contributed by atoms with Crippen LogP contribution in [0, 0.1) is 0 Å². The Balaban J connectivity index is 1.25. The minimum Gasteiger partial charge on any atom is -0.497 e. The largest absolute Gasteiger partial charge is 0.497 e. The number of hydrogen-bond acceptors (Lipinski definition) is 6. The Morgan fingerprint density at radius 3 is 2.73 bits per heavy atom. The van der Waals surface area contributed by atoms with Crippen molar-refractivity contribution >= 4 is 11.6 Å². The minimum absolute atomic E-state index is 0.0862. The third-order valence-electron chi connectivity index (χ3n) is 6.94. The van der Waals surface area contributed by atoms with Gasteiger partial charge in [-0.15, -0.1) is 0 Å². The molecule has 8 nitrogen and oxygen atoms in total. The number of imidazole rings is 1. The van der Waals surface area contributed by atoms with Crippen molar-refractivity contribution in [2.24, 2.45) is 0 Å². The second-order valence-corrected chi connectivity index (χ2v) is 9.52. The molecular formula is C32H29N3O5. The van der Waals surface area contributed by atoms with Gasteiger partial charge in [0.1, 0.15) is 12.4 Å². The molecule has 202 valence electrons. The molecule has 1 amide bonds. The Morgan fingerprint density at radius 1 is 0.975 bits per heavy atom. The van der Waals surface area contributed by atoms with E-state index in [1.165, 1.54) is 0 Å². The second kappa shape index (κ2) is 11.4. The number of pyridine rings is 1. The van der Waals surface area contributed by atoms with E-state index in [2.05, 4.69) is 5.32 Å². The van der Waals surface area contributed by atoms with E-state index in [0.717, 1.165) is 28.1 Å². The molecule has 1 N–H and O–H groups in total. The van der Waals surface area contributed by atoms with Crippen molar-refractivity contribution in [1.82, 2.24) is 14.7 Å². The van der Waals surface area contributed by atoms with Crippen LogP contribution in [0.1, 0.15) is 34.7 Å². The quantitative estimate of drug-likeness (QED) is 0.255. The van der Waals surface area contributed by atoms with Crippen molar-refractivity contribution in [2.75, 3.05) is 13.9 Å². The van der Waals surface area contributed by atoms with Crippen molar-refractivity contribution in [2.45, 2.75) is 25.5 Å². The molecule has 5 aromatic rings. The Hall–Kier alpha value is -4.98. The van der Waals surface area contributed by atoms with Gasteiger partial charge in [-0.05, 0) is 53.1 Å². The summed E-state index contributed by atoms with van der Waals surface area (Å²) in [6.07, 6.45) is 3.99. The molecular weight excluding hydrogens is 506 g/mol. The zero-order chi connectivity index (χ0) is 27.3. The molecule has 0 aliphatic carbocycles. The van der Waals surface area contributed by atoms with E-state index in [1.54, 1.807) is 7.11 Å². The van der Waals surface area contributed by atoms with Crippen LogP contribution < -0.4 is 24.3 Å². The van der Waals surface area contributed by atoms with E-state index < -0.39 is 0 Å². The second-order valence-electron chi connectivity index (χ2n) is 9.52. The molecule has 1 aliphatic rings. The number of amides is 1. The molecule has 0 bridgehead atoms. The van der Waals surface area contributed by atoms with Crippen LogP contribution in [0.4, 0.5) is 0 Å². The predicted molar refractivity (Wildman–Crippen MR) is 150 cm³/mol. The topological polar surface area (TPSA) is 83.3 Å². The number of aromatic nitrogens is 2. The number of hydrogen-bond donors (Lipinski definition) is 1. The molecule has 6 rings (SSSR count). The average molecular weight is 536 g/mol. The molecule has 40 heavy (non-hydrogen) atoms. The lowest BCUT2D eigenvalue weighted by molar-refractivity contribution is -0.121. The van der Waals surface area contributed by atoms with E-state index in [1.807, 2.05) is 102 Å². The van der Waals surface area contributed by atoms with Gasteiger partial charge in [-0.3, -0.25) is 4.79 Å². The number of methoxy groups -OCH3 is 1. The summed E-state index contributed by atoms with van der Waals surface area (Å²) in [7, 11) is 1.64. The standard InChI is InChI=1S/C32H29N3O5/c1-37-25-10-5-9-24(16-25)26(17-31(36)33-18-23-12-13-28-30(15-23)40-21-39-28)27-19-34-32-29(11-6-14-35(27)32)38-20-22-7-3-2-4-8-22/h2-16,19,26H,17-18,20-21H2,1H3,(H,33,36). The van der Waals surface area contributed by atoms with E-state index in [-0.39, 0.29) is 25.0 Å². The number of nitrogens with one attached hydrogen (secondary N) is 1. The molecule has 0 fully saturated rings. The first-order valence-corrected chi connectivity index (χ1v) is 13.1. The van der Waals surface area contributed by atoms with Crippen LogP contribution in [0.3, 0.4) is 0 Å². The highest BCUT2D eigenvalue weighted by Gasteiger charge is 2.24. The molecule has 2 aromatic heterocycles. The summed E-state index contributed by atoms with van der Waals surface area (Å²) >= 11 is 0. The number of carbonyl (C=O) groups excluding carboxylic acids is 1. The monoisotopic (exact) mass is 535 g/mol. The molecule has 3 aromatic carbocycles. The zero-order valence-corrected chi connectivity index (χ0v) is 22.1. The van der Waals surface area contributed by atoms with Crippen molar-refractivity contribution in [3.63, 3.8) is 0 Å².